The van der Waals surface area contributed by atoms with Crippen molar-refractivity contribution in [2.75, 3.05) is 19.6 Å². The van der Waals surface area contributed by atoms with E-state index in [4.69, 9.17) is 18.6 Å². The third-order valence-electron chi connectivity index (χ3n) is 3.53. The first kappa shape index (κ1) is 27.1. The molecule has 2 N–H and O–H groups in total. The molecule has 0 saturated heterocycles. The molecule has 0 aliphatic carbocycles. The van der Waals surface area contributed by atoms with E-state index in [2.05, 4.69) is 31.2 Å². The molecule has 174 valence electrons. The highest BCUT2D eigenvalue weighted by molar-refractivity contribution is 7.85. The Morgan fingerprint density at radius 3 is 1.19 bits per heavy atom. The summed E-state index contributed by atoms with van der Waals surface area (Å²) in [7, 11) is -5.66. The molecule has 3 aromatic carbocycles. The standard InChI is InChI=1S/C20H18O2.2CH4O3S/c1-15-3-9-19(10-4-15)22-20-13-7-17(8-14-20)16-5-11-18(21-2)12-6-16;2*1-5(2,3)4/h3-14H,1-2H3;2*1H3,(H,2,3,4). The van der Waals surface area contributed by atoms with Crippen molar-refractivity contribution in [1.82, 2.24) is 0 Å². The fourth-order valence-corrected chi connectivity index (χ4v) is 2.24. The van der Waals surface area contributed by atoms with E-state index in [1.165, 1.54) is 5.56 Å². The first-order valence-corrected chi connectivity index (χ1v) is 12.8. The second kappa shape index (κ2) is 12.2. The van der Waals surface area contributed by atoms with Crippen LogP contribution < -0.4 is 9.47 Å². The summed E-state index contributed by atoms with van der Waals surface area (Å²) in [6.07, 6.45) is 1.43. The summed E-state index contributed by atoms with van der Waals surface area (Å²) in [5.74, 6) is 2.55. The zero-order chi connectivity index (χ0) is 24.4. The highest BCUT2D eigenvalue weighted by Crippen LogP contribution is 2.27. The number of hydrogen-bond acceptors (Lipinski definition) is 6. The van der Waals surface area contributed by atoms with Crippen molar-refractivity contribution in [2.45, 2.75) is 6.92 Å². The van der Waals surface area contributed by atoms with Crippen molar-refractivity contribution >= 4 is 20.2 Å². The molecule has 0 atom stereocenters. The molecule has 0 amide bonds. The van der Waals surface area contributed by atoms with E-state index >= 15 is 0 Å². The second-order valence-corrected chi connectivity index (χ2v) is 9.57. The predicted octanol–water partition coefficient (Wildman–Crippen LogP) is 4.47. The average molecular weight is 483 g/mol. The van der Waals surface area contributed by atoms with Crippen LogP contribution in [-0.2, 0) is 20.2 Å². The van der Waals surface area contributed by atoms with Crippen LogP contribution in [0.3, 0.4) is 0 Å². The van der Waals surface area contributed by atoms with Crippen molar-refractivity contribution in [1.29, 1.82) is 0 Å². The van der Waals surface area contributed by atoms with Crippen LogP contribution in [0.15, 0.2) is 72.8 Å². The third-order valence-corrected chi connectivity index (χ3v) is 3.53. The van der Waals surface area contributed by atoms with Crippen LogP contribution in [0.5, 0.6) is 17.2 Å². The van der Waals surface area contributed by atoms with Gasteiger partial charge in [0.15, 0.2) is 0 Å². The molecule has 0 aliphatic rings. The van der Waals surface area contributed by atoms with Gasteiger partial charge < -0.3 is 9.47 Å². The summed E-state index contributed by atoms with van der Waals surface area (Å²) < 4.78 is 62.8. The van der Waals surface area contributed by atoms with Crippen LogP contribution in [0, 0.1) is 6.92 Å². The summed E-state index contributed by atoms with van der Waals surface area (Å²) in [4.78, 5) is 0. The highest BCUT2D eigenvalue weighted by atomic mass is 32.2. The molecule has 0 heterocycles. The normalized spacial score (nSPS) is 10.7. The molecular formula is C22H26O8S2. The van der Waals surface area contributed by atoms with E-state index in [0.29, 0.717) is 12.5 Å². The first-order valence-electron chi connectivity index (χ1n) is 9.08. The van der Waals surface area contributed by atoms with E-state index in [9.17, 15) is 16.8 Å². The van der Waals surface area contributed by atoms with Crippen molar-refractivity contribution in [2.24, 2.45) is 0 Å². The lowest BCUT2D eigenvalue weighted by atomic mass is 10.1. The Balaban J connectivity index is 0.000000431. The lowest BCUT2D eigenvalue weighted by molar-refractivity contribution is 0.415. The van der Waals surface area contributed by atoms with E-state index in [1.54, 1.807) is 7.11 Å². The molecule has 0 saturated carbocycles. The number of rotatable bonds is 4. The lowest BCUT2D eigenvalue weighted by Gasteiger charge is -2.08. The van der Waals surface area contributed by atoms with Crippen molar-refractivity contribution < 1.29 is 35.4 Å². The molecule has 0 fully saturated rings. The first-order chi connectivity index (χ1) is 14.7. The van der Waals surface area contributed by atoms with Gasteiger partial charge in [-0.15, -0.1) is 0 Å². The van der Waals surface area contributed by atoms with Gasteiger partial charge >= 0.3 is 0 Å². The summed E-state index contributed by atoms with van der Waals surface area (Å²) in [6, 6.07) is 24.2. The maximum Gasteiger partial charge on any atom is 0.261 e. The molecule has 3 aromatic rings. The minimum absolute atomic E-state index is 0.715. The Hall–Kier alpha value is -2.92. The van der Waals surface area contributed by atoms with E-state index in [0.717, 1.165) is 28.4 Å². The summed E-state index contributed by atoms with van der Waals surface area (Å²) >= 11 is 0. The zero-order valence-electron chi connectivity index (χ0n) is 18.1. The van der Waals surface area contributed by atoms with Gasteiger partial charge in [-0.1, -0.05) is 42.0 Å². The maximum atomic E-state index is 9.19. The molecule has 0 aromatic heterocycles. The van der Waals surface area contributed by atoms with Crippen molar-refractivity contribution in [3.63, 3.8) is 0 Å². The molecule has 0 spiro atoms. The zero-order valence-corrected chi connectivity index (χ0v) is 19.7. The monoisotopic (exact) mass is 482 g/mol. The summed E-state index contributed by atoms with van der Waals surface area (Å²) in [6.45, 7) is 2.06. The minimum Gasteiger partial charge on any atom is -0.497 e. The fourth-order valence-electron chi connectivity index (χ4n) is 2.24. The van der Waals surface area contributed by atoms with Gasteiger partial charge in [0.1, 0.15) is 17.2 Å². The molecule has 3 rings (SSSR count). The molecule has 32 heavy (non-hydrogen) atoms. The van der Waals surface area contributed by atoms with Crippen LogP contribution in [-0.4, -0.2) is 45.6 Å². The molecule has 10 heteroatoms. The lowest BCUT2D eigenvalue weighted by Crippen LogP contribution is -1.88. The fraction of sp³-hybridized carbons (Fsp3) is 0.182. The van der Waals surface area contributed by atoms with Gasteiger partial charge in [0.25, 0.3) is 20.2 Å². The molecule has 0 radical (unpaired) electrons. The van der Waals surface area contributed by atoms with Crippen molar-refractivity contribution in [3.05, 3.63) is 78.4 Å². The summed E-state index contributed by atoms with van der Waals surface area (Å²) in [5.41, 5.74) is 3.53. The van der Waals surface area contributed by atoms with Gasteiger partial charge in [0, 0.05) is 0 Å². The van der Waals surface area contributed by atoms with Crippen LogP contribution >= 0.6 is 0 Å². The van der Waals surface area contributed by atoms with Crippen molar-refractivity contribution in [3.8, 4) is 28.4 Å². The van der Waals surface area contributed by atoms with Crippen LogP contribution in [0.25, 0.3) is 11.1 Å². The third kappa shape index (κ3) is 13.4. The van der Waals surface area contributed by atoms with E-state index in [-0.39, 0.29) is 0 Å². The Kier molecular flexibility index (Phi) is 10.3. The molecule has 0 bridgehead atoms. The predicted molar refractivity (Wildman–Crippen MR) is 125 cm³/mol. The summed E-state index contributed by atoms with van der Waals surface area (Å²) in [5, 5.41) is 0. The molecular weight excluding hydrogens is 456 g/mol. The van der Waals surface area contributed by atoms with Gasteiger partial charge in [-0.2, -0.15) is 16.8 Å². The number of aryl methyl sites for hydroxylation is 1. The second-order valence-electron chi connectivity index (χ2n) is 6.63. The maximum absolute atomic E-state index is 9.19. The van der Waals surface area contributed by atoms with E-state index in [1.807, 2.05) is 48.5 Å². The largest absolute Gasteiger partial charge is 0.497 e. The smallest absolute Gasteiger partial charge is 0.261 e. The molecule has 0 aliphatic heterocycles. The molecule has 0 unspecified atom stereocenters. The van der Waals surface area contributed by atoms with Crippen LogP contribution in [0.4, 0.5) is 0 Å². The van der Waals surface area contributed by atoms with Gasteiger partial charge in [0.05, 0.1) is 19.6 Å². The SMILES string of the molecule is COc1ccc(-c2ccc(Oc3ccc(C)cc3)cc2)cc1.CS(=O)(=O)O.CS(=O)(=O)O. The minimum atomic E-state index is -3.67. The number of methoxy groups -OCH3 is 1. The van der Waals surface area contributed by atoms with Gasteiger partial charge in [0.2, 0.25) is 0 Å². The van der Waals surface area contributed by atoms with Crippen LogP contribution in [0.2, 0.25) is 0 Å². The number of ether oxygens (including phenoxy) is 2. The van der Waals surface area contributed by atoms with Gasteiger partial charge in [-0.3, -0.25) is 9.11 Å². The highest BCUT2D eigenvalue weighted by Gasteiger charge is 2.01. The number of benzene rings is 3. The Morgan fingerprint density at radius 2 is 0.875 bits per heavy atom. The average Bonchev–Trinajstić information content (AvgIpc) is 2.68. The quantitative estimate of drug-likeness (QED) is 0.522. The Morgan fingerprint density at radius 1 is 0.594 bits per heavy atom. The Labute approximate surface area is 189 Å². The van der Waals surface area contributed by atoms with Crippen LogP contribution in [0.1, 0.15) is 5.56 Å². The molecule has 8 nitrogen and oxygen atoms in total. The Bertz CT molecular complexity index is 1120. The van der Waals surface area contributed by atoms with E-state index < -0.39 is 20.2 Å². The number of hydrogen-bond donors (Lipinski definition) is 2. The van der Waals surface area contributed by atoms with Gasteiger partial charge in [-0.25, -0.2) is 0 Å². The topological polar surface area (TPSA) is 127 Å². The van der Waals surface area contributed by atoms with Gasteiger partial charge in [-0.05, 0) is 54.4 Å².